The first-order valence-electron chi connectivity index (χ1n) is 6.29. The lowest BCUT2D eigenvalue weighted by molar-refractivity contribution is -0.129. The normalized spacial score (nSPS) is 24.5. The summed E-state index contributed by atoms with van der Waals surface area (Å²) < 4.78 is 7.05. The maximum absolute atomic E-state index is 11.9. The van der Waals surface area contributed by atoms with Gasteiger partial charge in [-0.2, -0.15) is 5.26 Å². The third-order valence-corrected chi connectivity index (χ3v) is 3.92. The fourth-order valence-electron chi connectivity index (χ4n) is 2.62. The van der Waals surface area contributed by atoms with Crippen molar-refractivity contribution in [2.75, 3.05) is 6.61 Å². The Hall–Kier alpha value is -1.87. The van der Waals surface area contributed by atoms with E-state index in [0.29, 0.717) is 13.0 Å². The van der Waals surface area contributed by atoms with Gasteiger partial charge in [0.25, 0.3) is 5.56 Å². The van der Waals surface area contributed by atoms with Gasteiger partial charge in [-0.15, -0.1) is 0 Å². The SMILES string of the molecule is CCOC1CC(n2cc(C#N)c(=O)[nH]c2=O)C1(C)C. The van der Waals surface area contributed by atoms with Gasteiger partial charge in [-0.05, 0) is 13.3 Å². The predicted molar refractivity (Wildman–Crippen MR) is 68.9 cm³/mol. The van der Waals surface area contributed by atoms with Gasteiger partial charge >= 0.3 is 5.69 Å². The van der Waals surface area contributed by atoms with Crippen LogP contribution in [-0.2, 0) is 4.74 Å². The molecule has 6 nitrogen and oxygen atoms in total. The molecule has 2 unspecified atom stereocenters. The second-order valence-electron chi connectivity index (χ2n) is 5.34. The highest BCUT2D eigenvalue weighted by molar-refractivity contribution is 5.22. The zero-order valence-corrected chi connectivity index (χ0v) is 11.3. The maximum atomic E-state index is 11.9. The van der Waals surface area contributed by atoms with Crippen LogP contribution in [0.25, 0.3) is 0 Å². The smallest absolute Gasteiger partial charge is 0.328 e. The number of hydrogen-bond donors (Lipinski definition) is 1. The number of aromatic amines is 1. The van der Waals surface area contributed by atoms with Crippen molar-refractivity contribution in [2.24, 2.45) is 5.41 Å². The highest BCUT2D eigenvalue weighted by Gasteiger charge is 2.50. The van der Waals surface area contributed by atoms with Crippen molar-refractivity contribution in [3.8, 4) is 6.07 Å². The first kappa shape index (κ1) is 13.6. The van der Waals surface area contributed by atoms with Gasteiger partial charge in [0.2, 0.25) is 0 Å². The van der Waals surface area contributed by atoms with Crippen LogP contribution in [0.1, 0.15) is 38.8 Å². The van der Waals surface area contributed by atoms with Gasteiger partial charge in [-0.3, -0.25) is 14.3 Å². The molecule has 1 aromatic heterocycles. The molecule has 1 heterocycles. The number of ether oxygens (including phenoxy) is 1. The molecule has 2 rings (SSSR count). The summed E-state index contributed by atoms with van der Waals surface area (Å²) in [5.74, 6) is 0. The molecule has 102 valence electrons. The van der Waals surface area contributed by atoms with Crippen molar-refractivity contribution in [1.29, 1.82) is 5.26 Å². The Labute approximate surface area is 110 Å². The van der Waals surface area contributed by atoms with Gasteiger partial charge in [0.15, 0.2) is 0 Å². The first-order valence-corrected chi connectivity index (χ1v) is 6.29. The Morgan fingerprint density at radius 1 is 1.58 bits per heavy atom. The van der Waals surface area contributed by atoms with Crippen LogP contribution < -0.4 is 11.2 Å². The van der Waals surface area contributed by atoms with Gasteiger partial charge in [0.05, 0.1) is 6.10 Å². The van der Waals surface area contributed by atoms with Crippen molar-refractivity contribution in [2.45, 2.75) is 39.3 Å². The number of nitrogens with one attached hydrogen (secondary N) is 1. The Morgan fingerprint density at radius 3 is 2.79 bits per heavy atom. The molecule has 0 bridgehead atoms. The molecule has 0 radical (unpaired) electrons. The second-order valence-corrected chi connectivity index (χ2v) is 5.34. The van der Waals surface area contributed by atoms with Crippen molar-refractivity contribution in [1.82, 2.24) is 9.55 Å². The number of nitriles is 1. The molecule has 1 fully saturated rings. The largest absolute Gasteiger partial charge is 0.378 e. The summed E-state index contributed by atoms with van der Waals surface area (Å²) >= 11 is 0. The molecular weight excluding hydrogens is 246 g/mol. The monoisotopic (exact) mass is 263 g/mol. The van der Waals surface area contributed by atoms with Crippen LogP contribution in [0.5, 0.6) is 0 Å². The van der Waals surface area contributed by atoms with Gasteiger partial charge in [-0.1, -0.05) is 13.8 Å². The highest BCUT2D eigenvalue weighted by Crippen LogP contribution is 2.50. The van der Waals surface area contributed by atoms with Crippen LogP contribution >= 0.6 is 0 Å². The summed E-state index contributed by atoms with van der Waals surface area (Å²) in [5, 5.41) is 8.86. The van der Waals surface area contributed by atoms with Crippen LogP contribution in [0, 0.1) is 16.7 Å². The van der Waals surface area contributed by atoms with E-state index in [4.69, 9.17) is 10.00 Å². The number of H-pyrrole nitrogens is 1. The Kier molecular flexibility index (Phi) is 3.33. The molecule has 19 heavy (non-hydrogen) atoms. The number of nitrogens with zero attached hydrogens (tertiary/aromatic N) is 2. The fraction of sp³-hybridized carbons (Fsp3) is 0.615. The van der Waals surface area contributed by atoms with Crippen LogP contribution in [-0.4, -0.2) is 22.3 Å². The molecule has 6 heteroatoms. The number of hydrogen-bond acceptors (Lipinski definition) is 4. The summed E-state index contributed by atoms with van der Waals surface area (Å²) in [5.41, 5.74) is -1.36. The lowest BCUT2D eigenvalue weighted by Crippen LogP contribution is -2.54. The molecular formula is C13H17N3O3. The minimum Gasteiger partial charge on any atom is -0.378 e. The van der Waals surface area contributed by atoms with E-state index in [2.05, 4.69) is 4.98 Å². The van der Waals surface area contributed by atoms with Crippen LogP contribution in [0.2, 0.25) is 0 Å². The molecule has 0 saturated heterocycles. The molecule has 0 spiro atoms. The van der Waals surface area contributed by atoms with Crippen molar-refractivity contribution in [3.05, 3.63) is 32.6 Å². The third kappa shape index (κ3) is 2.10. The molecule has 0 aromatic carbocycles. The zero-order chi connectivity index (χ0) is 14.2. The molecule has 0 aliphatic heterocycles. The first-order chi connectivity index (χ1) is 8.91. The van der Waals surface area contributed by atoms with E-state index in [1.807, 2.05) is 20.8 Å². The minimum atomic E-state index is -0.637. The maximum Gasteiger partial charge on any atom is 0.328 e. The van der Waals surface area contributed by atoms with Gasteiger partial charge < -0.3 is 4.74 Å². The van der Waals surface area contributed by atoms with Crippen molar-refractivity contribution >= 4 is 0 Å². The highest BCUT2D eigenvalue weighted by atomic mass is 16.5. The van der Waals surface area contributed by atoms with Crippen LogP contribution in [0.15, 0.2) is 15.8 Å². The lowest BCUT2D eigenvalue weighted by Gasteiger charge is -2.51. The van der Waals surface area contributed by atoms with E-state index in [1.165, 1.54) is 10.8 Å². The Bertz CT molecular complexity index is 636. The van der Waals surface area contributed by atoms with Crippen molar-refractivity contribution < 1.29 is 4.74 Å². The number of aromatic nitrogens is 2. The second kappa shape index (κ2) is 4.67. The Balaban J connectivity index is 2.38. The lowest BCUT2D eigenvalue weighted by atomic mass is 9.64. The molecule has 1 saturated carbocycles. The molecule has 1 aliphatic carbocycles. The minimum absolute atomic E-state index is 0.0461. The summed E-state index contributed by atoms with van der Waals surface area (Å²) in [7, 11) is 0. The van der Waals surface area contributed by atoms with E-state index in [-0.39, 0.29) is 23.1 Å². The standard InChI is InChI=1S/C13H17N3O3/c1-4-19-10-5-9(13(10,2)3)16-7-8(6-14)11(17)15-12(16)18/h7,9-10H,4-5H2,1-3H3,(H,15,17,18). The van der Waals surface area contributed by atoms with Crippen LogP contribution in [0.4, 0.5) is 0 Å². The third-order valence-electron chi connectivity index (χ3n) is 3.92. The molecule has 2 atom stereocenters. The van der Waals surface area contributed by atoms with E-state index >= 15 is 0 Å². The average Bonchev–Trinajstić information content (AvgIpc) is 2.35. The summed E-state index contributed by atoms with van der Waals surface area (Å²) in [6, 6.07) is 1.73. The zero-order valence-electron chi connectivity index (χ0n) is 11.3. The van der Waals surface area contributed by atoms with Gasteiger partial charge in [0.1, 0.15) is 11.6 Å². The van der Waals surface area contributed by atoms with E-state index in [9.17, 15) is 9.59 Å². The summed E-state index contributed by atoms with van der Waals surface area (Å²) in [6.07, 6.45) is 2.14. The van der Waals surface area contributed by atoms with E-state index in [0.717, 1.165) is 0 Å². The quantitative estimate of drug-likeness (QED) is 0.873. The average molecular weight is 263 g/mol. The molecule has 1 aromatic rings. The van der Waals surface area contributed by atoms with Crippen molar-refractivity contribution in [3.63, 3.8) is 0 Å². The Morgan fingerprint density at radius 2 is 2.26 bits per heavy atom. The molecule has 1 N–H and O–H groups in total. The topological polar surface area (TPSA) is 87.9 Å². The van der Waals surface area contributed by atoms with Crippen LogP contribution in [0.3, 0.4) is 0 Å². The van der Waals surface area contributed by atoms with Gasteiger partial charge in [0, 0.05) is 24.3 Å². The van der Waals surface area contributed by atoms with E-state index < -0.39 is 11.2 Å². The molecule has 1 aliphatic rings. The van der Waals surface area contributed by atoms with Gasteiger partial charge in [-0.25, -0.2) is 4.79 Å². The number of rotatable bonds is 3. The molecule has 0 amide bonds. The van der Waals surface area contributed by atoms with E-state index in [1.54, 1.807) is 6.07 Å². The summed E-state index contributed by atoms with van der Waals surface area (Å²) in [6.45, 7) is 6.60. The fourth-order valence-corrected chi connectivity index (χ4v) is 2.62. The summed E-state index contributed by atoms with van der Waals surface area (Å²) in [4.78, 5) is 25.4. The predicted octanol–water partition coefficient (Wildman–Crippen LogP) is 0.784.